The summed E-state index contributed by atoms with van der Waals surface area (Å²) in [6.07, 6.45) is 6.99. The zero-order valence-electron chi connectivity index (χ0n) is 11.1. The summed E-state index contributed by atoms with van der Waals surface area (Å²) < 4.78 is 2.39. The molecule has 0 saturated heterocycles. The van der Waals surface area contributed by atoms with Crippen LogP contribution in [0.15, 0.2) is 29.4 Å². The Morgan fingerprint density at radius 3 is 2.84 bits per heavy atom. The maximum absolute atomic E-state index is 4.73. The summed E-state index contributed by atoms with van der Waals surface area (Å²) in [7, 11) is 0. The second-order valence-corrected chi connectivity index (χ2v) is 6.52. The van der Waals surface area contributed by atoms with E-state index in [4.69, 9.17) is 4.98 Å². The van der Waals surface area contributed by atoms with Gasteiger partial charge in [-0.15, -0.1) is 0 Å². The molecule has 0 unspecified atom stereocenters. The van der Waals surface area contributed by atoms with Gasteiger partial charge in [0.1, 0.15) is 0 Å². The maximum Gasteiger partial charge on any atom is 0.171 e. The summed E-state index contributed by atoms with van der Waals surface area (Å²) in [6.45, 7) is 1.02. The maximum atomic E-state index is 4.73. The summed E-state index contributed by atoms with van der Waals surface area (Å²) in [5.74, 6) is 1.11. The summed E-state index contributed by atoms with van der Waals surface area (Å²) in [5, 5.41) is 1.19. The molecule has 2 aromatic rings. The molecule has 0 bridgehead atoms. The van der Waals surface area contributed by atoms with Crippen LogP contribution in [0.1, 0.15) is 32.1 Å². The fraction of sp³-hybridized carbons (Fsp3) is 0.533. The molecule has 1 saturated carbocycles. The number of aromatic nitrogens is 2. The van der Waals surface area contributed by atoms with Crippen LogP contribution in [0.2, 0.25) is 0 Å². The van der Waals surface area contributed by atoms with E-state index in [9.17, 15) is 0 Å². The first-order valence-electron chi connectivity index (χ1n) is 7.24. The third-order valence-corrected chi connectivity index (χ3v) is 5.42. The molecule has 2 aliphatic rings. The fourth-order valence-electron chi connectivity index (χ4n) is 3.33. The van der Waals surface area contributed by atoms with E-state index in [0.29, 0.717) is 0 Å². The largest absolute Gasteiger partial charge is 0.305 e. The van der Waals surface area contributed by atoms with Gasteiger partial charge in [0.25, 0.3) is 0 Å². The van der Waals surface area contributed by atoms with Gasteiger partial charge in [-0.1, -0.05) is 43.2 Å². The summed E-state index contributed by atoms with van der Waals surface area (Å²) in [5.41, 5.74) is 2.42. The van der Waals surface area contributed by atoms with Crippen molar-refractivity contribution in [3.05, 3.63) is 24.3 Å². The van der Waals surface area contributed by atoms with E-state index in [-0.39, 0.29) is 0 Å². The standard InChI is InChI=1S/C15H19N3S/c1-2-6-12(7-3-1)17-10-18-14-9-5-4-8-13(14)16-15(18)19-11-17/h4-5,8-9,12H,1-3,6-7,10-11H2. The lowest BCUT2D eigenvalue weighted by Gasteiger charge is -2.36. The smallest absolute Gasteiger partial charge is 0.171 e. The van der Waals surface area contributed by atoms with E-state index in [1.54, 1.807) is 0 Å². The van der Waals surface area contributed by atoms with Crippen LogP contribution in [0.4, 0.5) is 0 Å². The molecule has 0 spiro atoms. The minimum atomic E-state index is 0.788. The molecule has 0 amide bonds. The van der Waals surface area contributed by atoms with Crippen molar-refractivity contribution in [1.29, 1.82) is 0 Å². The number of thioether (sulfide) groups is 1. The van der Waals surface area contributed by atoms with Crippen molar-refractivity contribution in [2.75, 3.05) is 5.88 Å². The van der Waals surface area contributed by atoms with Crippen LogP contribution in [0.3, 0.4) is 0 Å². The quantitative estimate of drug-likeness (QED) is 0.790. The van der Waals surface area contributed by atoms with Gasteiger partial charge < -0.3 is 4.57 Å². The third kappa shape index (κ3) is 2.07. The molecule has 1 aromatic heterocycles. The van der Waals surface area contributed by atoms with Crippen molar-refractivity contribution in [2.45, 2.75) is 50.0 Å². The lowest BCUT2D eigenvalue weighted by molar-refractivity contribution is 0.137. The van der Waals surface area contributed by atoms with Crippen molar-refractivity contribution in [2.24, 2.45) is 0 Å². The number of hydrogen-bond donors (Lipinski definition) is 0. The molecule has 3 nitrogen and oxygen atoms in total. The fourth-order valence-corrected chi connectivity index (χ4v) is 4.38. The highest BCUT2D eigenvalue weighted by molar-refractivity contribution is 7.99. The Kier molecular flexibility index (Phi) is 3.00. The number of hydrogen-bond acceptors (Lipinski definition) is 3. The van der Waals surface area contributed by atoms with Gasteiger partial charge in [0.15, 0.2) is 5.16 Å². The minimum absolute atomic E-state index is 0.788. The minimum Gasteiger partial charge on any atom is -0.305 e. The highest BCUT2D eigenvalue weighted by atomic mass is 32.2. The van der Waals surface area contributed by atoms with Crippen LogP contribution >= 0.6 is 11.8 Å². The molecule has 19 heavy (non-hydrogen) atoms. The Labute approximate surface area is 118 Å². The predicted octanol–water partition coefficient (Wildman–Crippen LogP) is 3.69. The summed E-state index contributed by atoms with van der Waals surface area (Å²) >= 11 is 1.89. The van der Waals surface area contributed by atoms with Gasteiger partial charge in [-0.3, -0.25) is 4.90 Å². The van der Waals surface area contributed by atoms with Crippen LogP contribution in [0.25, 0.3) is 11.0 Å². The van der Waals surface area contributed by atoms with Gasteiger partial charge in [0.05, 0.1) is 23.6 Å². The van der Waals surface area contributed by atoms with E-state index >= 15 is 0 Å². The molecule has 100 valence electrons. The molecular formula is C15H19N3S. The molecule has 0 radical (unpaired) electrons. The van der Waals surface area contributed by atoms with Gasteiger partial charge in [0, 0.05) is 6.04 Å². The van der Waals surface area contributed by atoms with Gasteiger partial charge in [-0.2, -0.15) is 0 Å². The van der Waals surface area contributed by atoms with Crippen LogP contribution in [-0.2, 0) is 6.67 Å². The average Bonchev–Trinajstić information content (AvgIpc) is 2.86. The number of para-hydroxylation sites is 2. The summed E-state index contributed by atoms with van der Waals surface area (Å²) in [4.78, 5) is 7.38. The second kappa shape index (κ2) is 4.84. The highest BCUT2D eigenvalue weighted by Gasteiger charge is 2.26. The van der Waals surface area contributed by atoms with E-state index in [1.807, 2.05) is 11.8 Å². The number of imidazole rings is 1. The van der Waals surface area contributed by atoms with E-state index < -0.39 is 0 Å². The highest BCUT2D eigenvalue weighted by Crippen LogP contribution is 2.33. The van der Waals surface area contributed by atoms with Crippen molar-refractivity contribution < 1.29 is 0 Å². The van der Waals surface area contributed by atoms with Crippen molar-refractivity contribution in [1.82, 2.24) is 14.5 Å². The van der Waals surface area contributed by atoms with Crippen molar-refractivity contribution >= 4 is 22.8 Å². The van der Waals surface area contributed by atoms with Crippen LogP contribution < -0.4 is 0 Å². The Morgan fingerprint density at radius 1 is 1.11 bits per heavy atom. The number of nitrogens with zero attached hydrogens (tertiary/aromatic N) is 3. The zero-order chi connectivity index (χ0) is 12.7. The monoisotopic (exact) mass is 273 g/mol. The Hall–Kier alpha value is -1.000. The Bertz CT molecular complexity index is 586. The lowest BCUT2D eigenvalue weighted by Crippen LogP contribution is -2.40. The molecule has 0 N–H and O–H groups in total. The molecule has 2 heterocycles. The van der Waals surface area contributed by atoms with Gasteiger partial charge >= 0.3 is 0 Å². The van der Waals surface area contributed by atoms with Crippen molar-refractivity contribution in [3.8, 4) is 0 Å². The van der Waals surface area contributed by atoms with E-state index in [1.165, 1.54) is 42.8 Å². The van der Waals surface area contributed by atoms with Crippen molar-refractivity contribution in [3.63, 3.8) is 0 Å². The Balaban J connectivity index is 1.65. The second-order valence-electron chi connectivity index (χ2n) is 5.61. The molecule has 1 aliphatic carbocycles. The first kappa shape index (κ1) is 11.8. The average molecular weight is 273 g/mol. The number of rotatable bonds is 1. The molecule has 4 heteroatoms. The van der Waals surface area contributed by atoms with Gasteiger partial charge in [-0.25, -0.2) is 4.98 Å². The topological polar surface area (TPSA) is 21.1 Å². The van der Waals surface area contributed by atoms with Crippen LogP contribution in [0, 0.1) is 0 Å². The first-order valence-corrected chi connectivity index (χ1v) is 8.22. The van der Waals surface area contributed by atoms with Gasteiger partial charge in [0.2, 0.25) is 0 Å². The van der Waals surface area contributed by atoms with E-state index in [0.717, 1.165) is 24.1 Å². The predicted molar refractivity (Wildman–Crippen MR) is 79.2 cm³/mol. The normalized spacial score (nSPS) is 21.7. The molecule has 1 fully saturated rings. The van der Waals surface area contributed by atoms with Gasteiger partial charge in [-0.05, 0) is 25.0 Å². The van der Waals surface area contributed by atoms with E-state index in [2.05, 4.69) is 33.7 Å². The number of benzene rings is 1. The first-order chi connectivity index (χ1) is 9.42. The lowest BCUT2D eigenvalue weighted by atomic mass is 9.95. The zero-order valence-corrected chi connectivity index (χ0v) is 11.9. The van der Waals surface area contributed by atoms with Crippen LogP contribution in [-0.4, -0.2) is 26.4 Å². The third-order valence-electron chi connectivity index (χ3n) is 4.39. The van der Waals surface area contributed by atoms with Crippen LogP contribution in [0.5, 0.6) is 0 Å². The number of fused-ring (bicyclic) bond motifs is 3. The Morgan fingerprint density at radius 2 is 1.95 bits per heavy atom. The molecule has 1 aliphatic heterocycles. The molecular weight excluding hydrogens is 254 g/mol. The molecule has 4 rings (SSSR count). The molecule has 0 atom stereocenters. The summed E-state index contributed by atoms with van der Waals surface area (Å²) in [6, 6.07) is 9.28. The molecule has 1 aromatic carbocycles. The SMILES string of the molecule is c1ccc2c(c1)nc1n2CN(C2CCCCC2)CS1.